The second-order valence-electron chi connectivity index (χ2n) is 4.13. The zero-order chi connectivity index (χ0) is 15.6. The first kappa shape index (κ1) is 14.3. The second kappa shape index (κ2) is 5.49. The average molecular weight is 291 g/mol. The smallest absolute Gasteiger partial charge is 0.335 e. The Hall–Kier alpha value is -3.09. The lowest BCUT2D eigenvalue weighted by molar-refractivity contribution is 0.0696. The molecule has 0 aromatic heterocycles. The van der Waals surface area contributed by atoms with E-state index in [0.29, 0.717) is 0 Å². The van der Waals surface area contributed by atoms with Crippen LogP contribution < -0.4 is 5.32 Å². The molecule has 0 fully saturated rings. The third kappa shape index (κ3) is 2.92. The Balaban J connectivity index is 2.30. The molecule has 6 nitrogen and oxygen atoms in total. The van der Waals surface area contributed by atoms with Crippen LogP contribution in [0.25, 0.3) is 0 Å². The minimum Gasteiger partial charge on any atom is -0.507 e. The molecule has 2 aromatic carbocycles. The molecule has 0 aliphatic rings. The van der Waals surface area contributed by atoms with Gasteiger partial charge in [0.05, 0.1) is 11.3 Å². The van der Waals surface area contributed by atoms with Crippen molar-refractivity contribution in [2.75, 3.05) is 5.32 Å². The van der Waals surface area contributed by atoms with Gasteiger partial charge in [0, 0.05) is 0 Å². The molecule has 0 saturated carbocycles. The highest BCUT2D eigenvalue weighted by atomic mass is 19.1. The fraction of sp³-hybridized carbons (Fsp3) is 0. The summed E-state index contributed by atoms with van der Waals surface area (Å²) in [5.74, 6) is -4.10. The summed E-state index contributed by atoms with van der Waals surface area (Å²) >= 11 is 0. The summed E-state index contributed by atoms with van der Waals surface area (Å²) in [6, 6.07) is 6.67. The Morgan fingerprint density at radius 3 is 2.19 bits per heavy atom. The number of benzene rings is 2. The lowest BCUT2D eigenvalue weighted by Gasteiger charge is -2.09. The molecule has 2 aromatic rings. The Bertz CT molecular complexity index is 709. The van der Waals surface area contributed by atoms with Gasteiger partial charge >= 0.3 is 5.97 Å². The van der Waals surface area contributed by atoms with E-state index in [1.54, 1.807) is 0 Å². The maximum absolute atomic E-state index is 13.7. The summed E-state index contributed by atoms with van der Waals surface area (Å²) in [5, 5.41) is 29.9. The van der Waals surface area contributed by atoms with Crippen molar-refractivity contribution in [3.63, 3.8) is 0 Å². The van der Waals surface area contributed by atoms with Crippen LogP contribution in [0.3, 0.4) is 0 Å². The van der Waals surface area contributed by atoms with E-state index >= 15 is 0 Å². The minimum atomic E-state index is -1.30. The van der Waals surface area contributed by atoms with Gasteiger partial charge in [0.2, 0.25) is 0 Å². The van der Waals surface area contributed by atoms with Gasteiger partial charge in [0.25, 0.3) is 5.91 Å². The third-order valence-electron chi connectivity index (χ3n) is 2.71. The van der Waals surface area contributed by atoms with E-state index in [9.17, 15) is 24.2 Å². The van der Waals surface area contributed by atoms with Crippen molar-refractivity contribution in [3.05, 3.63) is 53.3 Å². The molecular weight excluding hydrogens is 281 g/mol. The highest BCUT2D eigenvalue weighted by molar-refractivity contribution is 6.08. The Morgan fingerprint density at radius 1 is 1.05 bits per heavy atom. The van der Waals surface area contributed by atoms with E-state index in [0.717, 1.165) is 18.2 Å². The number of hydrogen-bond donors (Lipinski definition) is 4. The van der Waals surface area contributed by atoms with E-state index in [1.165, 1.54) is 18.2 Å². The number of phenols is 2. The van der Waals surface area contributed by atoms with Gasteiger partial charge in [-0.05, 0) is 30.3 Å². The number of halogens is 1. The van der Waals surface area contributed by atoms with E-state index in [1.807, 2.05) is 0 Å². The van der Waals surface area contributed by atoms with Gasteiger partial charge in [-0.1, -0.05) is 6.07 Å². The van der Waals surface area contributed by atoms with Crippen molar-refractivity contribution in [3.8, 4) is 11.5 Å². The molecule has 108 valence electrons. The quantitative estimate of drug-likeness (QED) is 0.693. The van der Waals surface area contributed by atoms with Crippen LogP contribution in [0.4, 0.5) is 10.1 Å². The van der Waals surface area contributed by atoms with Crippen LogP contribution in [0.1, 0.15) is 20.7 Å². The fourth-order valence-corrected chi connectivity index (χ4v) is 1.70. The standard InChI is InChI=1S/C14H10FNO5/c15-8-6-7(14(20)21)4-5-9(8)16-13(19)12-10(17)2-1-3-11(12)18/h1-6,17-18H,(H,16,19)(H,20,21). The monoisotopic (exact) mass is 291 g/mol. The van der Waals surface area contributed by atoms with Crippen LogP contribution in [0.5, 0.6) is 11.5 Å². The predicted molar refractivity (Wildman–Crippen MR) is 71.1 cm³/mol. The van der Waals surface area contributed by atoms with Crippen LogP contribution >= 0.6 is 0 Å². The third-order valence-corrected chi connectivity index (χ3v) is 2.71. The molecule has 7 heteroatoms. The number of nitrogens with one attached hydrogen (secondary N) is 1. The number of carboxylic acid groups (broad SMARTS) is 1. The van der Waals surface area contributed by atoms with E-state index in [-0.39, 0.29) is 11.3 Å². The van der Waals surface area contributed by atoms with Crippen LogP contribution in [-0.2, 0) is 0 Å². The lowest BCUT2D eigenvalue weighted by atomic mass is 10.1. The molecule has 0 unspecified atom stereocenters. The summed E-state index contributed by atoms with van der Waals surface area (Å²) in [6.07, 6.45) is 0. The van der Waals surface area contributed by atoms with Crippen molar-refractivity contribution in [2.45, 2.75) is 0 Å². The summed E-state index contributed by atoms with van der Waals surface area (Å²) in [7, 11) is 0. The van der Waals surface area contributed by atoms with Crippen molar-refractivity contribution in [2.24, 2.45) is 0 Å². The van der Waals surface area contributed by atoms with E-state index < -0.39 is 34.8 Å². The molecule has 0 spiro atoms. The zero-order valence-corrected chi connectivity index (χ0v) is 10.5. The Labute approximate surface area is 118 Å². The number of phenolic OH excluding ortho intramolecular Hbond substituents is 2. The maximum Gasteiger partial charge on any atom is 0.335 e. The second-order valence-corrected chi connectivity index (χ2v) is 4.13. The number of rotatable bonds is 3. The average Bonchev–Trinajstić information content (AvgIpc) is 2.40. The maximum atomic E-state index is 13.7. The summed E-state index contributed by atoms with van der Waals surface area (Å²) < 4.78 is 13.7. The van der Waals surface area contributed by atoms with Crippen molar-refractivity contribution in [1.29, 1.82) is 0 Å². The van der Waals surface area contributed by atoms with Crippen LogP contribution in [0.15, 0.2) is 36.4 Å². The Kier molecular flexibility index (Phi) is 3.75. The van der Waals surface area contributed by atoms with Gasteiger partial charge in [-0.2, -0.15) is 0 Å². The number of anilines is 1. The van der Waals surface area contributed by atoms with Crippen molar-refractivity contribution >= 4 is 17.6 Å². The lowest BCUT2D eigenvalue weighted by Crippen LogP contribution is -2.14. The first-order valence-electron chi connectivity index (χ1n) is 5.75. The molecule has 21 heavy (non-hydrogen) atoms. The van der Waals surface area contributed by atoms with Crippen molar-refractivity contribution in [1.82, 2.24) is 0 Å². The number of aromatic hydroxyl groups is 2. The first-order valence-corrected chi connectivity index (χ1v) is 5.75. The molecule has 1 amide bonds. The molecule has 0 saturated heterocycles. The van der Waals surface area contributed by atoms with E-state index in [4.69, 9.17) is 5.11 Å². The highest BCUT2D eigenvalue weighted by Crippen LogP contribution is 2.27. The molecular formula is C14H10FNO5. The molecule has 2 rings (SSSR count). The van der Waals surface area contributed by atoms with Gasteiger partial charge < -0.3 is 20.6 Å². The molecule has 4 N–H and O–H groups in total. The topological polar surface area (TPSA) is 107 Å². The zero-order valence-electron chi connectivity index (χ0n) is 10.5. The SMILES string of the molecule is O=C(O)c1ccc(NC(=O)c2c(O)cccc2O)c(F)c1. The number of carbonyl (C=O) groups is 2. The summed E-state index contributed by atoms with van der Waals surface area (Å²) in [6.45, 7) is 0. The number of amides is 1. The van der Waals surface area contributed by atoms with Gasteiger partial charge in [-0.15, -0.1) is 0 Å². The summed E-state index contributed by atoms with van der Waals surface area (Å²) in [4.78, 5) is 22.6. The van der Waals surface area contributed by atoms with Crippen molar-refractivity contribution < 1.29 is 29.3 Å². The van der Waals surface area contributed by atoms with Gasteiger partial charge in [-0.3, -0.25) is 4.79 Å². The minimum absolute atomic E-state index is 0.268. The van der Waals surface area contributed by atoms with Gasteiger partial charge in [0.15, 0.2) is 0 Å². The predicted octanol–water partition coefficient (Wildman–Crippen LogP) is 2.19. The molecule has 0 atom stereocenters. The summed E-state index contributed by atoms with van der Waals surface area (Å²) in [5.41, 5.74) is -0.942. The number of hydrogen-bond acceptors (Lipinski definition) is 4. The van der Waals surface area contributed by atoms with E-state index in [2.05, 4.69) is 5.32 Å². The first-order chi connectivity index (χ1) is 9.90. The van der Waals surface area contributed by atoms with Crippen LogP contribution in [0, 0.1) is 5.82 Å². The Morgan fingerprint density at radius 2 is 1.67 bits per heavy atom. The molecule has 0 heterocycles. The number of carboxylic acids is 1. The number of carbonyl (C=O) groups excluding carboxylic acids is 1. The highest BCUT2D eigenvalue weighted by Gasteiger charge is 2.18. The normalized spacial score (nSPS) is 10.1. The molecule has 0 radical (unpaired) electrons. The van der Waals surface area contributed by atoms with Gasteiger partial charge in [0.1, 0.15) is 22.9 Å². The molecule has 0 bridgehead atoms. The fourth-order valence-electron chi connectivity index (χ4n) is 1.70. The largest absolute Gasteiger partial charge is 0.507 e. The molecule has 0 aliphatic heterocycles. The van der Waals surface area contributed by atoms with Crippen LogP contribution in [0.2, 0.25) is 0 Å². The van der Waals surface area contributed by atoms with Gasteiger partial charge in [-0.25, -0.2) is 9.18 Å². The van der Waals surface area contributed by atoms with Crippen LogP contribution in [-0.4, -0.2) is 27.2 Å². The number of aromatic carboxylic acids is 1. The molecule has 0 aliphatic carbocycles.